The third kappa shape index (κ3) is 5.06. The van der Waals surface area contributed by atoms with Gasteiger partial charge in [-0.2, -0.15) is 13.2 Å². The Morgan fingerprint density at radius 2 is 1.76 bits per heavy atom. The maximum Gasteiger partial charge on any atom is 0.416 e. The van der Waals surface area contributed by atoms with Crippen molar-refractivity contribution in [3.8, 4) is 0 Å². The van der Waals surface area contributed by atoms with Crippen LogP contribution in [0.3, 0.4) is 0 Å². The lowest BCUT2D eigenvalue weighted by molar-refractivity contribution is -0.137. The van der Waals surface area contributed by atoms with Crippen LogP contribution in [0.5, 0.6) is 0 Å². The predicted octanol–water partition coefficient (Wildman–Crippen LogP) is 3.67. The van der Waals surface area contributed by atoms with Crippen LogP contribution < -0.4 is 5.73 Å². The van der Waals surface area contributed by atoms with Gasteiger partial charge in [0.25, 0.3) is 0 Å². The zero-order valence-electron chi connectivity index (χ0n) is 13.1. The van der Waals surface area contributed by atoms with Crippen molar-refractivity contribution < 1.29 is 23.1 Å². The molecule has 3 nitrogen and oxygen atoms in total. The van der Waals surface area contributed by atoms with Gasteiger partial charge in [0, 0.05) is 6.08 Å². The number of nitrogens with two attached hydrogens (primary N) is 1. The van der Waals surface area contributed by atoms with Crippen LogP contribution in [0.2, 0.25) is 0 Å². The Labute approximate surface area is 142 Å². The fourth-order valence-electron chi connectivity index (χ4n) is 2.27. The Kier molecular flexibility index (Phi) is 5.77. The second-order valence-corrected chi connectivity index (χ2v) is 5.28. The number of aliphatic hydroxyl groups is 1. The Balaban J connectivity index is 2.49. The molecule has 2 aromatic carbocycles. The third-order valence-corrected chi connectivity index (χ3v) is 3.47. The molecular formula is C19H16F3NO2. The molecule has 1 amide bonds. The highest BCUT2D eigenvalue weighted by molar-refractivity contribution is 5.87. The molecule has 2 aromatic rings. The summed E-state index contributed by atoms with van der Waals surface area (Å²) in [5.41, 5.74) is 6.81. The van der Waals surface area contributed by atoms with E-state index >= 15 is 0 Å². The number of hydrogen-bond donors (Lipinski definition) is 2. The summed E-state index contributed by atoms with van der Waals surface area (Å²) in [6, 6.07) is 11.7. The molecule has 6 heteroatoms. The van der Waals surface area contributed by atoms with Crippen molar-refractivity contribution in [1.82, 2.24) is 0 Å². The molecule has 25 heavy (non-hydrogen) atoms. The van der Waals surface area contributed by atoms with Gasteiger partial charge < -0.3 is 10.8 Å². The van der Waals surface area contributed by atoms with Crippen LogP contribution in [-0.4, -0.2) is 11.0 Å². The molecular weight excluding hydrogens is 331 g/mol. The van der Waals surface area contributed by atoms with Crippen molar-refractivity contribution in [1.29, 1.82) is 0 Å². The summed E-state index contributed by atoms with van der Waals surface area (Å²) in [5.74, 6) is -0.632. The fraction of sp³-hybridized carbons (Fsp3) is 0.105. The van der Waals surface area contributed by atoms with Gasteiger partial charge in [-0.25, -0.2) is 0 Å². The molecule has 130 valence electrons. The van der Waals surface area contributed by atoms with E-state index in [2.05, 4.69) is 0 Å². The summed E-state index contributed by atoms with van der Waals surface area (Å²) < 4.78 is 38.2. The average molecular weight is 347 g/mol. The van der Waals surface area contributed by atoms with Crippen molar-refractivity contribution >= 4 is 11.5 Å². The third-order valence-electron chi connectivity index (χ3n) is 3.47. The highest BCUT2D eigenvalue weighted by atomic mass is 19.4. The standard InChI is InChI=1S/C19H16F3NO2/c20-19(21,22)16-9-7-14(8-10-16)17(5-2-6-18(23)25)15-4-1-3-13(11-15)12-24/h1-11,24H,12H2,(H2,23,25)/b6-2+,17-5-. The number of carbonyl (C=O) groups excluding carboxylic acids is 1. The number of alkyl halides is 3. The van der Waals surface area contributed by atoms with Gasteiger partial charge in [0.05, 0.1) is 12.2 Å². The van der Waals surface area contributed by atoms with Crippen LogP contribution >= 0.6 is 0 Å². The molecule has 0 aliphatic carbocycles. The van der Waals surface area contributed by atoms with Crippen molar-refractivity contribution in [2.24, 2.45) is 5.73 Å². The van der Waals surface area contributed by atoms with Crippen molar-refractivity contribution in [2.75, 3.05) is 0 Å². The number of amides is 1. The first-order chi connectivity index (χ1) is 11.8. The van der Waals surface area contributed by atoms with E-state index < -0.39 is 17.6 Å². The van der Waals surface area contributed by atoms with Crippen LogP contribution in [0.1, 0.15) is 22.3 Å². The zero-order chi connectivity index (χ0) is 18.4. The lowest BCUT2D eigenvalue weighted by atomic mass is 9.95. The Morgan fingerprint density at radius 1 is 1.08 bits per heavy atom. The number of primary amides is 1. The van der Waals surface area contributed by atoms with Crippen LogP contribution in [0.25, 0.3) is 5.57 Å². The van der Waals surface area contributed by atoms with Gasteiger partial charge >= 0.3 is 6.18 Å². The first-order valence-corrected chi connectivity index (χ1v) is 7.37. The number of carbonyl (C=O) groups is 1. The molecule has 0 saturated heterocycles. The fourth-order valence-corrected chi connectivity index (χ4v) is 2.27. The lowest BCUT2D eigenvalue weighted by Crippen LogP contribution is -2.05. The van der Waals surface area contributed by atoms with E-state index in [4.69, 9.17) is 5.73 Å². The number of halogens is 3. The van der Waals surface area contributed by atoms with Gasteiger partial charge in [-0.15, -0.1) is 0 Å². The first kappa shape index (κ1) is 18.5. The maximum atomic E-state index is 12.7. The molecule has 0 spiro atoms. The zero-order valence-corrected chi connectivity index (χ0v) is 13.1. The summed E-state index contributed by atoms with van der Waals surface area (Å²) in [6.07, 6.45) is -0.240. The Morgan fingerprint density at radius 3 is 2.32 bits per heavy atom. The van der Waals surface area contributed by atoms with E-state index in [0.29, 0.717) is 22.3 Å². The number of allylic oxidation sites excluding steroid dienone is 2. The van der Waals surface area contributed by atoms with Crippen LogP contribution in [-0.2, 0) is 17.6 Å². The van der Waals surface area contributed by atoms with Gasteiger partial charge in [-0.05, 0) is 40.5 Å². The summed E-state index contributed by atoms with van der Waals surface area (Å²) in [6.45, 7) is -0.161. The van der Waals surface area contributed by atoms with E-state index in [1.165, 1.54) is 18.2 Å². The number of benzene rings is 2. The van der Waals surface area contributed by atoms with E-state index in [1.54, 1.807) is 30.3 Å². The molecule has 2 rings (SSSR count). The number of rotatable bonds is 5. The SMILES string of the molecule is NC(=O)/C=C/C=C(/c1ccc(C(F)(F)F)cc1)c1cccc(CO)c1. The van der Waals surface area contributed by atoms with Gasteiger partial charge in [0.15, 0.2) is 0 Å². The van der Waals surface area contributed by atoms with Crippen molar-refractivity contribution in [2.45, 2.75) is 12.8 Å². The minimum absolute atomic E-state index is 0.161. The number of hydrogen-bond acceptors (Lipinski definition) is 2. The number of aliphatic hydroxyl groups excluding tert-OH is 1. The maximum absolute atomic E-state index is 12.7. The monoisotopic (exact) mass is 347 g/mol. The second kappa shape index (κ2) is 7.81. The van der Waals surface area contributed by atoms with Crippen LogP contribution in [0.15, 0.2) is 66.8 Å². The van der Waals surface area contributed by atoms with Crippen molar-refractivity contribution in [3.05, 3.63) is 89.0 Å². The van der Waals surface area contributed by atoms with Gasteiger partial charge in [-0.1, -0.05) is 42.5 Å². The van der Waals surface area contributed by atoms with Crippen LogP contribution in [0, 0.1) is 0 Å². The van der Waals surface area contributed by atoms with E-state index in [1.807, 2.05) is 0 Å². The molecule has 0 aliphatic heterocycles. The van der Waals surface area contributed by atoms with E-state index in [-0.39, 0.29) is 6.61 Å². The average Bonchev–Trinajstić information content (AvgIpc) is 2.58. The molecule has 0 radical (unpaired) electrons. The molecule has 0 unspecified atom stereocenters. The molecule has 0 aromatic heterocycles. The van der Waals surface area contributed by atoms with Gasteiger partial charge in [0.2, 0.25) is 5.91 Å². The van der Waals surface area contributed by atoms with Crippen LogP contribution in [0.4, 0.5) is 13.2 Å². The largest absolute Gasteiger partial charge is 0.416 e. The normalized spacial score (nSPS) is 12.6. The van der Waals surface area contributed by atoms with E-state index in [9.17, 15) is 23.1 Å². The topological polar surface area (TPSA) is 63.3 Å². The Bertz CT molecular complexity index is 806. The predicted molar refractivity (Wildman–Crippen MR) is 89.2 cm³/mol. The Hall–Kier alpha value is -2.86. The smallest absolute Gasteiger partial charge is 0.392 e. The molecule has 3 N–H and O–H groups in total. The molecule has 0 aliphatic rings. The summed E-state index contributed by atoms with van der Waals surface area (Å²) in [4.78, 5) is 10.9. The first-order valence-electron chi connectivity index (χ1n) is 7.37. The molecule has 0 saturated carbocycles. The summed E-state index contributed by atoms with van der Waals surface area (Å²) >= 11 is 0. The van der Waals surface area contributed by atoms with Gasteiger partial charge in [0.1, 0.15) is 0 Å². The summed E-state index contributed by atoms with van der Waals surface area (Å²) in [5, 5.41) is 9.27. The lowest BCUT2D eigenvalue weighted by Gasteiger charge is -2.11. The van der Waals surface area contributed by atoms with E-state index in [0.717, 1.165) is 18.2 Å². The summed E-state index contributed by atoms with van der Waals surface area (Å²) in [7, 11) is 0. The minimum Gasteiger partial charge on any atom is -0.392 e. The quantitative estimate of drug-likeness (QED) is 0.640. The molecule has 0 fully saturated rings. The van der Waals surface area contributed by atoms with Gasteiger partial charge in [-0.3, -0.25) is 4.79 Å². The second-order valence-electron chi connectivity index (χ2n) is 5.28. The minimum atomic E-state index is -4.41. The molecule has 0 bridgehead atoms. The highest BCUT2D eigenvalue weighted by Crippen LogP contribution is 2.31. The molecule has 0 atom stereocenters. The molecule has 0 heterocycles. The highest BCUT2D eigenvalue weighted by Gasteiger charge is 2.30. The van der Waals surface area contributed by atoms with Crippen molar-refractivity contribution in [3.63, 3.8) is 0 Å².